The van der Waals surface area contributed by atoms with Crippen molar-refractivity contribution in [3.05, 3.63) is 88.1 Å². The number of carbonyl (C=O) groups excluding carboxylic acids is 1. The quantitative estimate of drug-likeness (QED) is 0.195. The number of hydrogen-bond donors (Lipinski definition) is 3. The second-order valence-electron chi connectivity index (χ2n) is 10.5. The molecule has 0 atom stereocenters. The predicted molar refractivity (Wildman–Crippen MR) is 170 cm³/mol. The lowest BCUT2D eigenvalue weighted by atomic mass is 10.0. The van der Waals surface area contributed by atoms with Crippen LogP contribution in [0.2, 0.25) is 0 Å². The number of rotatable bonds is 8. The number of nitrogens with zero attached hydrogens (tertiary/aromatic N) is 2. The smallest absolute Gasteiger partial charge is 0.261 e. The molecule has 2 heterocycles. The number of methoxy groups -OCH3 is 1. The molecule has 0 spiro atoms. The molecule has 1 aliphatic heterocycles. The summed E-state index contributed by atoms with van der Waals surface area (Å²) < 4.78 is 37.5. The number of fused-ring (bicyclic) bond motifs is 1. The van der Waals surface area contributed by atoms with Gasteiger partial charge >= 0.3 is 0 Å². The molecule has 1 aliphatic rings. The largest absolute Gasteiger partial charge is 0.508 e. The lowest BCUT2D eigenvalue weighted by molar-refractivity contribution is 0.0952. The summed E-state index contributed by atoms with van der Waals surface area (Å²) in [6.07, 6.45) is 1.51. The van der Waals surface area contributed by atoms with E-state index in [-0.39, 0.29) is 17.1 Å². The number of phenolic OH excluding ortho intramolecular Hbond substituents is 1. The fraction of sp³-hybridized carbons (Fsp3) is 0.312. The highest BCUT2D eigenvalue weighted by atomic mass is 32.2. The molecule has 0 aliphatic carbocycles. The van der Waals surface area contributed by atoms with Gasteiger partial charge in [0.1, 0.15) is 17.3 Å². The molecule has 3 aromatic carbocycles. The predicted octanol–water partition coefficient (Wildman–Crippen LogP) is 3.93. The van der Waals surface area contributed by atoms with E-state index in [1.807, 2.05) is 30.3 Å². The normalized spacial score (nSPS) is 13.7. The number of nitrogens with one attached hydrogen (secondary N) is 1. The van der Waals surface area contributed by atoms with Gasteiger partial charge in [-0.15, -0.1) is 0 Å². The minimum atomic E-state index is -3.67. The number of amides is 1. The third kappa shape index (κ3) is 8.37. The van der Waals surface area contributed by atoms with Crippen LogP contribution in [0.1, 0.15) is 22.3 Å². The number of ether oxygens (including phenoxy) is 1. The molecule has 0 saturated carbocycles. The highest BCUT2D eigenvalue weighted by Crippen LogP contribution is 2.32. The highest BCUT2D eigenvalue weighted by Gasteiger charge is 2.21. The summed E-state index contributed by atoms with van der Waals surface area (Å²) in [5, 5.41) is 13.3. The molecule has 44 heavy (non-hydrogen) atoms. The van der Waals surface area contributed by atoms with E-state index in [4.69, 9.17) is 13.7 Å². The molecule has 12 heteroatoms. The lowest BCUT2D eigenvalue weighted by Crippen LogP contribution is -2.47. The SMILES string of the molecule is COc1ccc(O)cc1N1CCN(CCCNC(=O)c2cccc3c(=O)c(C)c(-c4ccccc4)oc23)CC1.CS(=O)(=O)O. The van der Waals surface area contributed by atoms with Crippen molar-refractivity contribution in [1.29, 1.82) is 0 Å². The fourth-order valence-electron chi connectivity index (χ4n) is 5.09. The van der Waals surface area contributed by atoms with E-state index in [2.05, 4.69) is 15.1 Å². The number of para-hydroxylation sites is 1. The van der Waals surface area contributed by atoms with Gasteiger partial charge in [-0.1, -0.05) is 36.4 Å². The molecule has 11 nitrogen and oxygen atoms in total. The number of aromatic hydroxyl groups is 1. The first kappa shape index (κ1) is 32.5. The van der Waals surface area contributed by atoms with Crippen LogP contribution in [0.5, 0.6) is 11.5 Å². The van der Waals surface area contributed by atoms with Crippen LogP contribution in [-0.4, -0.2) is 81.5 Å². The van der Waals surface area contributed by atoms with E-state index >= 15 is 0 Å². The molecule has 0 radical (unpaired) electrons. The van der Waals surface area contributed by atoms with Crippen LogP contribution in [0.4, 0.5) is 5.69 Å². The Morgan fingerprint density at radius 2 is 1.70 bits per heavy atom. The third-order valence-electron chi connectivity index (χ3n) is 7.24. The van der Waals surface area contributed by atoms with Crippen molar-refractivity contribution in [2.75, 3.05) is 57.5 Å². The topological polar surface area (TPSA) is 150 Å². The van der Waals surface area contributed by atoms with Crippen LogP contribution in [0.15, 0.2) is 75.9 Å². The minimum Gasteiger partial charge on any atom is -0.508 e. The molecular formula is C32H37N3O8S. The Morgan fingerprint density at radius 1 is 1.02 bits per heavy atom. The van der Waals surface area contributed by atoms with Gasteiger partial charge in [-0.25, -0.2) is 0 Å². The standard InChI is InChI=1S/C31H33N3O5.CH4O3S/c1-21-28(36)24-10-6-11-25(30(24)39-29(21)22-8-4-3-5-9-22)31(37)32-14-7-15-33-16-18-34(19-17-33)26-20-23(35)12-13-27(26)38-2;1-5(2,3)4/h3-6,8-13,20,35H,7,14-19H2,1-2H3,(H,32,37);1H3,(H,2,3,4). The van der Waals surface area contributed by atoms with Crippen molar-refractivity contribution in [1.82, 2.24) is 10.2 Å². The second-order valence-corrected chi connectivity index (χ2v) is 11.9. The summed E-state index contributed by atoms with van der Waals surface area (Å²) in [4.78, 5) is 30.8. The Bertz CT molecular complexity index is 1760. The van der Waals surface area contributed by atoms with E-state index in [0.717, 1.165) is 56.1 Å². The van der Waals surface area contributed by atoms with Crippen molar-refractivity contribution in [2.24, 2.45) is 0 Å². The molecule has 3 N–H and O–H groups in total. The summed E-state index contributed by atoms with van der Waals surface area (Å²) in [6, 6.07) is 19.7. The number of carbonyl (C=O) groups is 1. The first-order chi connectivity index (χ1) is 21.0. The summed E-state index contributed by atoms with van der Waals surface area (Å²) in [5.74, 6) is 1.20. The summed E-state index contributed by atoms with van der Waals surface area (Å²) in [7, 11) is -2.03. The van der Waals surface area contributed by atoms with Gasteiger partial charge in [-0.05, 0) is 44.2 Å². The fourth-order valence-corrected chi connectivity index (χ4v) is 5.09. The number of benzene rings is 3. The van der Waals surface area contributed by atoms with Crippen LogP contribution in [0, 0.1) is 6.92 Å². The molecule has 1 amide bonds. The van der Waals surface area contributed by atoms with Gasteiger partial charge in [-0.2, -0.15) is 8.42 Å². The molecule has 0 bridgehead atoms. The second kappa shape index (κ2) is 14.4. The van der Waals surface area contributed by atoms with Crippen molar-refractivity contribution in [2.45, 2.75) is 13.3 Å². The maximum Gasteiger partial charge on any atom is 0.261 e. The third-order valence-corrected chi connectivity index (χ3v) is 7.24. The van der Waals surface area contributed by atoms with Crippen molar-refractivity contribution in [3.63, 3.8) is 0 Å². The average Bonchev–Trinajstić information content (AvgIpc) is 3.00. The Kier molecular flexibility index (Phi) is 10.6. The van der Waals surface area contributed by atoms with Gasteiger partial charge < -0.3 is 24.5 Å². The molecule has 1 aromatic heterocycles. The molecule has 1 saturated heterocycles. The van der Waals surface area contributed by atoms with Crippen molar-refractivity contribution >= 4 is 32.7 Å². The monoisotopic (exact) mass is 623 g/mol. The Morgan fingerprint density at radius 3 is 2.36 bits per heavy atom. The molecule has 1 fully saturated rings. The van der Waals surface area contributed by atoms with E-state index < -0.39 is 10.1 Å². The Labute approximate surface area is 256 Å². The van der Waals surface area contributed by atoms with Crippen LogP contribution < -0.4 is 20.4 Å². The first-order valence-corrected chi connectivity index (χ1v) is 16.0. The molecule has 0 unspecified atom stereocenters. The van der Waals surface area contributed by atoms with Gasteiger partial charge in [0.05, 0.1) is 30.0 Å². The zero-order valence-corrected chi connectivity index (χ0v) is 25.8. The van der Waals surface area contributed by atoms with Crippen molar-refractivity contribution < 1.29 is 32.0 Å². The number of phenols is 1. The molecule has 234 valence electrons. The maximum atomic E-state index is 13.1. The van der Waals surface area contributed by atoms with Gasteiger partial charge in [0.15, 0.2) is 11.0 Å². The van der Waals surface area contributed by atoms with Crippen LogP contribution in [0.3, 0.4) is 0 Å². The van der Waals surface area contributed by atoms with Crippen LogP contribution >= 0.6 is 0 Å². The molecular weight excluding hydrogens is 586 g/mol. The lowest BCUT2D eigenvalue weighted by Gasteiger charge is -2.36. The zero-order chi connectivity index (χ0) is 31.9. The summed E-state index contributed by atoms with van der Waals surface area (Å²) in [6.45, 7) is 6.52. The van der Waals surface area contributed by atoms with E-state index in [0.29, 0.717) is 40.7 Å². The Balaban J connectivity index is 0.000000818. The first-order valence-electron chi connectivity index (χ1n) is 14.1. The van der Waals surface area contributed by atoms with Gasteiger partial charge in [-0.3, -0.25) is 19.0 Å². The van der Waals surface area contributed by atoms with E-state index in [1.54, 1.807) is 50.4 Å². The minimum absolute atomic E-state index is 0.132. The number of anilines is 1. The Hall–Kier alpha value is -4.39. The van der Waals surface area contributed by atoms with Crippen molar-refractivity contribution in [3.8, 4) is 22.8 Å². The van der Waals surface area contributed by atoms with Gasteiger partial charge in [0.25, 0.3) is 16.0 Å². The van der Waals surface area contributed by atoms with Crippen LogP contribution in [-0.2, 0) is 10.1 Å². The van der Waals surface area contributed by atoms with Gasteiger partial charge in [0, 0.05) is 49.9 Å². The summed E-state index contributed by atoms with van der Waals surface area (Å²) >= 11 is 0. The highest BCUT2D eigenvalue weighted by molar-refractivity contribution is 7.85. The number of hydrogen-bond acceptors (Lipinski definition) is 9. The van der Waals surface area contributed by atoms with Crippen LogP contribution in [0.25, 0.3) is 22.3 Å². The maximum absolute atomic E-state index is 13.1. The molecule has 4 aromatic rings. The number of piperazine rings is 1. The van der Waals surface area contributed by atoms with E-state index in [1.165, 1.54) is 0 Å². The molecule has 5 rings (SSSR count). The zero-order valence-electron chi connectivity index (χ0n) is 24.9. The summed E-state index contributed by atoms with van der Waals surface area (Å²) in [5.41, 5.74) is 2.75. The van der Waals surface area contributed by atoms with Gasteiger partial charge in [0.2, 0.25) is 0 Å². The van der Waals surface area contributed by atoms with E-state index in [9.17, 15) is 23.1 Å². The average molecular weight is 624 g/mol.